The maximum Gasteiger partial charge on any atom is 0.356 e. The summed E-state index contributed by atoms with van der Waals surface area (Å²) >= 11 is 0. The quantitative estimate of drug-likeness (QED) is 0.630. The third-order valence-corrected chi connectivity index (χ3v) is 2.09. The van der Waals surface area contributed by atoms with Crippen LogP contribution in [0.1, 0.15) is 6.92 Å². The third-order valence-electron chi connectivity index (χ3n) is 2.09. The Bertz CT molecular complexity index is 434. The molecular formula is C9H9N3O3. The molecule has 0 aromatic heterocycles. The molecule has 2 aliphatic heterocycles. The van der Waals surface area contributed by atoms with Crippen LogP contribution < -0.4 is 0 Å². The molecule has 0 aromatic carbocycles. The molecular weight excluding hydrogens is 198 g/mol. The average Bonchev–Trinajstić information content (AvgIpc) is 2.19. The van der Waals surface area contributed by atoms with Crippen LogP contribution in [0.2, 0.25) is 0 Å². The molecule has 78 valence electrons. The smallest absolute Gasteiger partial charge is 0.356 e. The van der Waals surface area contributed by atoms with Crippen LogP contribution in [-0.2, 0) is 4.79 Å². The standard InChI is InChI=1S/C9H9N3O3/c1-5-2-3-6-10-11-7(9(14)15)8(13)12(6)4-5/h2-4,8,13H,1H3,(H,14,15). The summed E-state index contributed by atoms with van der Waals surface area (Å²) in [5, 5.41) is 25.6. The number of carboxylic acid groups (broad SMARTS) is 1. The van der Waals surface area contributed by atoms with Crippen LogP contribution >= 0.6 is 0 Å². The third kappa shape index (κ3) is 1.55. The van der Waals surface area contributed by atoms with Gasteiger partial charge in [-0.1, -0.05) is 6.08 Å². The van der Waals surface area contributed by atoms with Gasteiger partial charge >= 0.3 is 5.97 Å². The van der Waals surface area contributed by atoms with Gasteiger partial charge in [0.15, 0.2) is 17.8 Å². The second-order valence-corrected chi connectivity index (χ2v) is 3.24. The molecule has 0 aromatic rings. The number of allylic oxidation sites excluding steroid dienone is 2. The number of aliphatic carboxylic acids is 1. The molecule has 6 heteroatoms. The summed E-state index contributed by atoms with van der Waals surface area (Å²) in [6.07, 6.45) is 3.82. The first-order valence-electron chi connectivity index (χ1n) is 4.31. The first-order chi connectivity index (χ1) is 7.09. The summed E-state index contributed by atoms with van der Waals surface area (Å²) in [6.45, 7) is 1.84. The van der Waals surface area contributed by atoms with Crippen molar-refractivity contribution in [1.29, 1.82) is 0 Å². The lowest BCUT2D eigenvalue weighted by atomic mass is 10.2. The highest BCUT2D eigenvalue weighted by molar-refractivity contribution is 6.38. The number of hydrogen-bond donors (Lipinski definition) is 2. The van der Waals surface area contributed by atoms with Gasteiger partial charge in [0.2, 0.25) is 0 Å². The predicted molar refractivity (Wildman–Crippen MR) is 53.2 cm³/mol. The second kappa shape index (κ2) is 3.32. The van der Waals surface area contributed by atoms with Crippen LogP contribution in [0.3, 0.4) is 0 Å². The molecule has 1 atom stereocenters. The number of amidine groups is 1. The van der Waals surface area contributed by atoms with E-state index in [2.05, 4.69) is 10.2 Å². The van der Waals surface area contributed by atoms with Crippen molar-refractivity contribution in [2.24, 2.45) is 10.2 Å². The number of rotatable bonds is 1. The zero-order valence-corrected chi connectivity index (χ0v) is 7.95. The fraction of sp³-hybridized carbons (Fsp3) is 0.222. The van der Waals surface area contributed by atoms with Crippen LogP contribution in [0.4, 0.5) is 0 Å². The van der Waals surface area contributed by atoms with E-state index in [-0.39, 0.29) is 5.71 Å². The van der Waals surface area contributed by atoms with Crippen LogP contribution in [0.5, 0.6) is 0 Å². The summed E-state index contributed by atoms with van der Waals surface area (Å²) in [7, 11) is 0. The fourth-order valence-corrected chi connectivity index (χ4v) is 1.34. The Hall–Kier alpha value is -1.95. The van der Waals surface area contributed by atoms with E-state index in [0.717, 1.165) is 5.57 Å². The molecule has 2 rings (SSSR count). The van der Waals surface area contributed by atoms with Gasteiger partial charge in [0.25, 0.3) is 0 Å². The van der Waals surface area contributed by atoms with Crippen molar-refractivity contribution in [1.82, 2.24) is 4.90 Å². The molecule has 2 aliphatic rings. The molecule has 2 heterocycles. The number of aliphatic hydroxyl groups excluding tert-OH is 1. The van der Waals surface area contributed by atoms with Gasteiger partial charge in [-0.3, -0.25) is 4.90 Å². The highest BCUT2D eigenvalue weighted by Gasteiger charge is 2.31. The highest BCUT2D eigenvalue weighted by Crippen LogP contribution is 2.16. The number of fused-ring (bicyclic) bond motifs is 1. The largest absolute Gasteiger partial charge is 0.477 e. The predicted octanol–water partition coefficient (Wildman–Crippen LogP) is -0.0669. The number of hydrogen-bond acceptors (Lipinski definition) is 5. The van der Waals surface area contributed by atoms with Gasteiger partial charge in [-0.15, -0.1) is 10.2 Å². The van der Waals surface area contributed by atoms with Gasteiger partial charge in [0, 0.05) is 6.20 Å². The van der Waals surface area contributed by atoms with Gasteiger partial charge in [-0.05, 0) is 18.6 Å². The van der Waals surface area contributed by atoms with E-state index in [4.69, 9.17) is 5.11 Å². The van der Waals surface area contributed by atoms with Crippen molar-refractivity contribution in [3.8, 4) is 0 Å². The minimum Gasteiger partial charge on any atom is -0.477 e. The zero-order valence-electron chi connectivity index (χ0n) is 7.95. The van der Waals surface area contributed by atoms with E-state index >= 15 is 0 Å². The zero-order chi connectivity index (χ0) is 11.0. The highest BCUT2D eigenvalue weighted by atomic mass is 16.4. The van der Waals surface area contributed by atoms with Gasteiger partial charge in [0.1, 0.15) is 0 Å². The minimum atomic E-state index is -1.28. The Labute approximate surface area is 85.5 Å². The lowest BCUT2D eigenvalue weighted by molar-refractivity contribution is -0.130. The Morgan fingerprint density at radius 1 is 1.47 bits per heavy atom. The molecule has 0 amide bonds. The molecule has 2 N–H and O–H groups in total. The first kappa shape index (κ1) is 9.60. The topological polar surface area (TPSA) is 85.5 Å². The number of carbonyl (C=O) groups is 1. The summed E-state index contributed by atoms with van der Waals surface area (Å²) < 4.78 is 0. The second-order valence-electron chi connectivity index (χ2n) is 3.24. The molecule has 0 bridgehead atoms. The fourth-order valence-electron chi connectivity index (χ4n) is 1.34. The molecule has 0 spiro atoms. The summed E-state index contributed by atoms with van der Waals surface area (Å²) in [6, 6.07) is 0. The molecule has 6 nitrogen and oxygen atoms in total. The summed E-state index contributed by atoms with van der Waals surface area (Å²) in [5.74, 6) is -0.844. The van der Waals surface area contributed by atoms with E-state index in [1.165, 1.54) is 4.90 Å². The van der Waals surface area contributed by atoms with Crippen molar-refractivity contribution in [3.63, 3.8) is 0 Å². The monoisotopic (exact) mass is 207 g/mol. The Morgan fingerprint density at radius 2 is 2.20 bits per heavy atom. The van der Waals surface area contributed by atoms with Crippen molar-refractivity contribution in [2.75, 3.05) is 0 Å². The number of aliphatic hydroxyl groups is 1. The number of carboxylic acids is 1. The van der Waals surface area contributed by atoms with Gasteiger partial charge in [-0.25, -0.2) is 4.79 Å². The van der Waals surface area contributed by atoms with Crippen molar-refractivity contribution >= 4 is 17.5 Å². The van der Waals surface area contributed by atoms with Crippen LogP contribution in [0, 0.1) is 0 Å². The minimum absolute atomic E-state index is 0.377. The van der Waals surface area contributed by atoms with Crippen molar-refractivity contribution in [3.05, 3.63) is 23.9 Å². The van der Waals surface area contributed by atoms with Crippen molar-refractivity contribution in [2.45, 2.75) is 13.2 Å². The SMILES string of the molecule is CC1=CN2C(=NN=C(C(=O)O)C2O)C=C1. The van der Waals surface area contributed by atoms with E-state index in [0.29, 0.717) is 5.84 Å². The normalized spacial score (nSPS) is 24.0. The molecule has 0 saturated carbocycles. The maximum absolute atomic E-state index is 10.7. The summed E-state index contributed by atoms with van der Waals surface area (Å²) in [5.41, 5.74) is 0.526. The van der Waals surface area contributed by atoms with Crippen LogP contribution in [-0.4, -0.2) is 38.9 Å². The van der Waals surface area contributed by atoms with E-state index in [9.17, 15) is 9.90 Å². The van der Waals surface area contributed by atoms with Crippen LogP contribution in [0.25, 0.3) is 0 Å². The molecule has 0 saturated heterocycles. The van der Waals surface area contributed by atoms with Gasteiger partial charge in [0.05, 0.1) is 0 Å². The van der Waals surface area contributed by atoms with E-state index in [1.807, 2.05) is 13.0 Å². The lowest BCUT2D eigenvalue weighted by Gasteiger charge is -2.29. The molecule has 0 radical (unpaired) electrons. The van der Waals surface area contributed by atoms with Gasteiger partial charge < -0.3 is 10.2 Å². The van der Waals surface area contributed by atoms with Crippen molar-refractivity contribution < 1.29 is 15.0 Å². The first-order valence-corrected chi connectivity index (χ1v) is 4.31. The maximum atomic E-state index is 10.7. The Balaban J connectivity index is 2.40. The molecule has 0 aliphatic carbocycles. The molecule has 0 fully saturated rings. The Morgan fingerprint density at radius 3 is 2.87 bits per heavy atom. The van der Waals surface area contributed by atoms with Crippen LogP contribution in [0.15, 0.2) is 34.1 Å². The number of nitrogens with zero attached hydrogens (tertiary/aromatic N) is 3. The van der Waals surface area contributed by atoms with E-state index in [1.54, 1.807) is 12.3 Å². The summed E-state index contributed by atoms with van der Waals surface area (Å²) in [4.78, 5) is 12.1. The lowest BCUT2D eigenvalue weighted by Crippen LogP contribution is -2.46. The molecule has 15 heavy (non-hydrogen) atoms. The average molecular weight is 207 g/mol. The molecule has 1 unspecified atom stereocenters. The van der Waals surface area contributed by atoms with E-state index < -0.39 is 12.2 Å². The van der Waals surface area contributed by atoms with Gasteiger partial charge in [-0.2, -0.15) is 0 Å². The Kier molecular flexibility index (Phi) is 2.12.